The molecule has 0 atom stereocenters. The standard InChI is InChI=1S/C12H21NO3S/c1-2-11(8-9-16-17(13,14)15)10-12-6-4-3-5-7-12/h12H,1,3-10H2,(H2,13,14,15). The Balaban J connectivity index is 2.31. The normalized spacial score (nSPS) is 17.7. The molecule has 0 bridgehead atoms. The van der Waals surface area contributed by atoms with Crippen molar-refractivity contribution in [3.63, 3.8) is 0 Å². The summed E-state index contributed by atoms with van der Waals surface area (Å²) in [4.78, 5) is 0. The Morgan fingerprint density at radius 2 is 2.00 bits per heavy atom. The van der Waals surface area contributed by atoms with Crippen LogP contribution in [-0.2, 0) is 14.5 Å². The summed E-state index contributed by atoms with van der Waals surface area (Å²) in [6.45, 7) is 3.73. The first kappa shape index (κ1) is 14.5. The lowest BCUT2D eigenvalue weighted by molar-refractivity contribution is 0.312. The van der Waals surface area contributed by atoms with Crippen molar-refractivity contribution in [3.8, 4) is 0 Å². The molecule has 0 amide bonds. The molecule has 1 fully saturated rings. The molecule has 0 aromatic carbocycles. The lowest BCUT2D eigenvalue weighted by atomic mass is 9.84. The lowest BCUT2D eigenvalue weighted by Crippen LogP contribution is -2.17. The maximum absolute atomic E-state index is 10.6. The third kappa shape index (κ3) is 6.64. The van der Waals surface area contributed by atoms with Gasteiger partial charge in [0, 0.05) is 6.42 Å². The van der Waals surface area contributed by atoms with Crippen LogP contribution in [0.3, 0.4) is 0 Å². The first-order valence-electron chi connectivity index (χ1n) is 6.06. The molecule has 1 saturated carbocycles. The summed E-state index contributed by atoms with van der Waals surface area (Å²) in [6, 6.07) is 0. The predicted molar refractivity (Wildman–Crippen MR) is 67.5 cm³/mol. The molecule has 0 unspecified atom stereocenters. The van der Waals surface area contributed by atoms with E-state index in [4.69, 9.17) is 5.14 Å². The fourth-order valence-electron chi connectivity index (χ4n) is 2.28. The molecule has 98 valence electrons. The highest BCUT2D eigenvalue weighted by Gasteiger charge is 2.15. The van der Waals surface area contributed by atoms with Crippen LogP contribution >= 0.6 is 0 Å². The van der Waals surface area contributed by atoms with Crippen molar-refractivity contribution < 1.29 is 12.6 Å². The molecule has 0 aromatic heterocycles. The van der Waals surface area contributed by atoms with Crippen LogP contribution in [0.4, 0.5) is 0 Å². The molecule has 1 rings (SSSR count). The van der Waals surface area contributed by atoms with E-state index in [0.29, 0.717) is 12.3 Å². The number of nitrogens with two attached hydrogens (primary N) is 1. The predicted octanol–water partition coefficient (Wildman–Crippen LogP) is 2.28. The molecule has 0 radical (unpaired) electrons. The minimum atomic E-state index is -3.82. The van der Waals surface area contributed by atoms with Crippen molar-refractivity contribution >= 4 is 10.3 Å². The Morgan fingerprint density at radius 1 is 1.35 bits per heavy atom. The van der Waals surface area contributed by atoms with E-state index in [1.807, 2.05) is 0 Å². The van der Waals surface area contributed by atoms with Gasteiger partial charge in [0.25, 0.3) is 0 Å². The zero-order chi connectivity index (χ0) is 12.7. The maximum atomic E-state index is 10.6. The van der Waals surface area contributed by atoms with Crippen LogP contribution in [0.5, 0.6) is 0 Å². The average molecular weight is 259 g/mol. The Bertz CT molecular complexity index is 377. The highest BCUT2D eigenvalue weighted by atomic mass is 32.2. The molecule has 0 heterocycles. The summed E-state index contributed by atoms with van der Waals surface area (Å²) in [5.41, 5.74) is 3.93. The van der Waals surface area contributed by atoms with Gasteiger partial charge in [-0.1, -0.05) is 38.7 Å². The Kier molecular flexibility index (Phi) is 5.92. The highest BCUT2D eigenvalue weighted by Crippen LogP contribution is 2.29. The van der Waals surface area contributed by atoms with Gasteiger partial charge in [0.15, 0.2) is 0 Å². The van der Waals surface area contributed by atoms with Crippen molar-refractivity contribution in [3.05, 3.63) is 17.9 Å². The molecule has 2 N–H and O–H groups in total. The molecule has 0 spiro atoms. The van der Waals surface area contributed by atoms with Crippen molar-refractivity contribution in [1.82, 2.24) is 0 Å². The summed E-state index contributed by atoms with van der Waals surface area (Å²) in [5.74, 6) is 0.697. The minimum Gasteiger partial charge on any atom is -0.258 e. The van der Waals surface area contributed by atoms with E-state index in [-0.39, 0.29) is 6.61 Å². The van der Waals surface area contributed by atoms with Gasteiger partial charge in [-0.05, 0) is 17.9 Å². The lowest BCUT2D eigenvalue weighted by Gasteiger charge is -2.22. The summed E-state index contributed by atoms with van der Waals surface area (Å²) in [5, 5.41) is 4.75. The number of hydrogen-bond acceptors (Lipinski definition) is 3. The van der Waals surface area contributed by atoms with Gasteiger partial charge in [-0.15, -0.1) is 5.73 Å². The van der Waals surface area contributed by atoms with Gasteiger partial charge in [-0.25, -0.2) is 5.14 Å². The smallest absolute Gasteiger partial charge is 0.258 e. The van der Waals surface area contributed by atoms with E-state index in [1.165, 1.54) is 32.1 Å². The third-order valence-electron chi connectivity index (χ3n) is 3.16. The van der Waals surface area contributed by atoms with Gasteiger partial charge in [0.2, 0.25) is 0 Å². The maximum Gasteiger partial charge on any atom is 0.333 e. The van der Waals surface area contributed by atoms with Gasteiger partial charge in [-0.3, -0.25) is 4.18 Å². The Hall–Kier alpha value is -0.610. The van der Waals surface area contributed by atoms with E-state index >= 15 is 0 Å². The average Bonchev–Trinajstić information content (AvgIpc) is 2.27. The summed E-state index contributed by atoms with van der Waals surface area (Å²) in [6.07, 6.45) is 7.92. The first-order valence-corrected chi connectivity index (χ1v) is 7.53. The molecule has 1 aliphatic rings. The second-order valence-electron chi connectivity index (χ2n) is 4.55. The summed E-state index contributed by atoms with van der Waals surface area (Å²) >= 11 is 0. The highest BCUT2D eigenvalue weighted by molar-refractivity contribution is 7.84. The van der Waals surface area contributed by atoms with E-state index in [9.17, 15) is 8.42 Å². The van der Waals surface area contributed by atoms with Crippen LogP contribution in [0.1, 0.15) is 44.9 Å². The van der Waals surface area contributed by atoms with Crippen LogP contribution in [0.15, 0.2) is 17.9 Å². The van der Waals surface area contributed by atoms with Crippen molar-refractivity contribution in [2.24, 2.45) is 11.1 Å². The SMILES string of the molecule is C=C=C(CCOS(N)(=O)=O)CC1CCCCC1. The number of hydrogen-bond donors (Lipinski definition) is 1. The zero-order valence-corrected chi connectivity index (χ0v) is 11.0. The van der Waals surface area contributed by atoms with E-state index in [1.54, 1.807) is 0 Å². The second kappa shape index (κ2) is 6.97. The first-order chi connectivity index (χ1) is 8.01. The third-order valence-corrected chi connectivity index (χ3v) is 3.66. The number of rotatable bonds is 6. The fraction of sp³-hybridized carbons (Fsp3) is 0.750. The second-order valence-corrected chi connectivity index (χ2v) is 5.77. The monoisotopic (exact) mass is 259 g/mol. The van der Waals surface area contributed by atoms with E-state index in [0.717, 1.165) is 12.0 Å². The molecule has 0 aromatic rings. The van der Waals surface area contributed by atoms with Crippen molar-refractivity contribution in [2.75, 3.05) is 6.61 Å². The van der Waals surface area contributed by atoms with Crippen molar-refractivity contribution in [2.45, 2.75) is 44.9 Å². The molecule has 5 heteroatoms. The molecule has 17 heavy (non-hydrogen) atoms. The van der Waals surface area contributed by atoms with Gasteiger partial charge < -0.3 is 0 Å². The Morgan fingerprint density at radius 3 is 2.53 bits per heavy atom. The van der Waals surface area contributed by atoms with Crippen LogP contribution < -0.4 is 5.14 Å². The van der Waals surface area contributed by atoms with Gasteiger partial charge >= 0.3 is 10.3 Å². The van der Waals surface area contributed by atoms with Gasteiger partial charge in [0.05, 0.1) is 6.61 Å². The van der Waals surface area contributed by atoms with E-state index < -0.39 is 10.3 Å². The fourth-order valence-corrected chi connectivity index (χ4v) is 2.60. The minimum absolute atomic E-state index is 0.0867. The van der Waals surface area contributed by atoms with E-state index in [2.05, 4.69) is 16.5 Å². The van der Waals surface area contributed by atoms with Crippen molar-refractivity contribution in [1.29, 1.82) is 0 Å². The summed E-state index contributed by atoms with van der Waals surface area (Å²) in [7, 11) is -3.82. The molecule has 1 aliphatic carbocycles. The Labute approximate surface area is 104 Å². The molecular formula is C12H21NO3S. The quantitative estimate of drug-likeness (QED) is 0.744. The summed E-state index contributed by atoms with van der Waals surface area (Å²) < 4.78 is 25.7. The molecular weight excluding hydrogens is 238 g/mol. The zero-order valence-electron chi connectivity index (χ0n) is 10.2. The van der Waals surface area contributed by atoms with Crippen LogP contribution in [0.25, 0.3) is 0 Å². The van der Waals surface area contributed by atoms with Gasteiger partial charge in [-0.2, -0.15) is 8.42 Å². The topological polar surface area (TPSA) is 69.4 Å². The van der Waals surface area contributed by atoms with Crippen LogP contribution in [0.2, 0.25) is 0 Å². The largest absolute Gasteiger partial charge is 0.333 e. The van der Waals surface area contributed by atoms with Crippen LogP contribution in [-0.4, -0.2) is 15.0 Å². The van der Waals surface area contributed by atoms with Gasteiger partial charge in [0.1, 0.15) is 0 Å². The van der Waals surface area contributed by atoms with Crippen LogP contribution in [0, 0.1) is 5.92 Å². The molecule has 4 nitrogen and oxygen atoms in total. The molecule has 0 aliphatic heterocycles. The molecule has 0 saturated heterocycles.